The van der Waals surface area contributed by atoms with Crippen molar-refractivity contribution >= 4 is 31.9 Å². The minimum atomic E-state index is 0.468. The van der Waals surface area contributed by atoms with Gasteiger partial charge in [-0.1, -0.05) is 65.5 Å². The van der Waals surface area contributed by atoms with E-state index >= 15 is 0 Å². The monoisotopic (exact) mass is 298 g/mol. The van der Waals surface area contributed by atoms with Gasteiger partial charge in [-0.2, -0.15) is 0 Å². The first-order valence-corrected chi connectivity index (χ1v) is 6.99. The first-order chi connectivity index (χ1) is 5.63. The van der Waals surface area contributed by atoms with Crippen molar-refractivity contribution in [3.8, 4) is 0 Å². The molecule has 0 aliphatic carbocycles. The third-order valence-corrected chi connectivity index (χ3v) is 5.02. The highest BCUT2D eigenvalue weighted by molar-refractivity contribution is 9.09. The molecule has 0 amide bonds. The lowest BCUT2D eigenvalue weighted by Gasteiger charge is -2.34. The van der Waals surface area contributed by atoms with E-state index in [-0.39, 0.29) is 0 Å². The van der Waals surface area contributed by atoms with E-state index in [9.17, 15) is 0 Å². The Kier molecular flexibility index (Phi) is 6.93. The van der Waals surface area contributed by atoms with E-state index < -0.39 is 0 Å². The Hall–Kier alpha value is 0.960. The highest BCUT2D eigenvalue weighted by Crippen LogP contribution is 2.37. The molecule has 0 saturated carbocycles. The molecule has 0 aliphatic rings. The van der Waals surface area contributed by atoms with E-state index in [1.54, 1.807) is 0 Å². The maximum Gasteiger partial charge on any atom is 0.00984 e. The van der Waals surface area contributed by atoms with Crippen LogP contribution in [-0.4, -0.2) is 10.7 Å². The molecule has 0 saturated heterocycles. The molecular formula is C10H20Br2. The standard InChI is InChI=1S/C10H20Br2/c1-4-5-6-10(7-11,8-12)9(2)3/h9H,4-8H2,1-3H3. The van der Waals surface area contributed by atoms with Crippen LogP contribution in [-0.2, 0) is 0 Å². The second-order valence-corrected chi connectivity index (χ2v) is 5.01. The fourth-order valence-electron chi connectivity index (χ4n) is 1.30. The van der Waals surface area contributed by atoms with Crippen LogP contribution in [0.2, 0.25) is 0 Å². The summed E-state index contributed by atoms with van der Waals surface area (Å²) in [6.07, 6.45) is 3.97. The summed E-state index contributed by atoms with van der Waals surface area (Å²) in [6.45, 7) is 6.89. The lowest BCUT2D eigenvalue weighted by Crippen LogP contribution is -2.31. The first-order valence-electron chi connectivity index (χ1n) is 4.75. The Morgan fingerprint density at radius 2 is 1.67 bits per heavy atom. The molecule has 0 nitrogen and oxygen atoms in total. The fraction of sp³-hybridized carbons (Fsp3) is 1.00. The van der Waals surface area contributed by atoms with Gasteiger partial charge in [0.1, 0.15) is 0 Å². The van der Waals surface area contributed by atoms with Crippen LogP contribution >= 0.6 is 31.9 Å². The van der Waals surface area contributed by atoms with Gasteiger partial charge >= 0.3 is 0 Å². The summed E-state index contributed by atoms with van der Waals surface area (Å²) in [7, 11) is 0. The van der Waals surface area contributed by atoms with Gasteiger partial charge in [0, 0.05) is 10.7 Å². The van der Waals surface area contributed by atoms with Crippen LogP contribution in [0.3, 0.4) is 0 Å². The van der Waals surface area contributed by atoms with Gasteiger partial charge in [0.25, 0.3) is 0 Å². The normalized spacial score (nSPS) is 12.5. The molecular weight excluding hydrogens is 280 g/mol. The summed E-state index contributed by atoms with van der Waals surface area (Å²) in [6, 6.07) is 0. The van der Waals surface area contributed by atoms with Gasteiger partial charge in [0.2, 0.25) is 0 Å². The van der Waals surface area contributed by atoms with Crippen LogP contribution in [0.25, 0.3) is 0 Å². The van der Waals surface area contributed by atoms with Gasteiger partial charge in [0.15, 0.2) is 0 Å². The third-order valence-electron chi connectivity index (χ3n) is 2.79. The predicted octanol–water partition coefficient (Wildman–Crippen LogP) is 4.61. The smallest absolute Gasteiger partial charge is 0.00984 e. The second kappa shape index (κ2) is 6.42. The Morgan fingerprint density at radius 1 is 1.17 bits per heavy atom. The Balaban J connectivity index is 4.15. The number of alkyl halides is 2. The highest BCUT2D eigenvalue weighted by Gasteiger charge is 2.30. The van der Waals surface area contributed by atoms with Crippen molar-refractivity contribution in [1.82, 2.24) is 0 Å². The second-order valence-electron chi connectivity index (χ2n) is 3.89. The van der Waals surface area contributed by atoms with Crippen molar-refractivity contribution in [1.29, 1.82) is 0 Å². The highest BCUT2D eigenvalue weighted by atomic mass is 79.9. The molecule has 0 N–H and O–H groups in total. The lowest BCUT2D eigenvalue weighted by atomic mass is 9.77. The molecule has 0 atom stereocenters. The van der Waals surface area contributed by atoms with Crippen LogP contribution in [0, 0.1) is 11.3 Å². The molecule has 12 heavy (non-hydrogen) atoms. The number of unbranched alkanes of at least 4 members (excludes halogenated alkanes) is 1. The summed E-state index contributed by atoms with van der Waals surface area (Å²) in [5.74, 6) is 0.753. The van der Waals surface area contributed by atoms with E-state index in [4.69, 9.17) is 0 Å². The minimum absolute atomic E-state index is 0.468. The summed E-state index contributed by atoms with van der Waals surface area (Å²) < 4.78 is 0. The minimum Gasteiger partial charge on any atom is -0.0922 e. The fourth-order valence-corrected chi connectivity index (χ4v) is 4.08. The van der Waals surface area contributed by atoms with E-state index in [2.05, 4.69) is 52.6 Å². The number of hydrogen-bond donors (Lipinski definition) is 0. The molecule has 0 heterocycles. The average Bonchev–Trinajstić information content (AvgIpc) is 2.07. The molecule has 0 aromatic heterocycles. The quantitative estimate of drug-likeness (QED) is 0.628. The van der Waals surface area contributed by atoms with E-state index in [1.807, 2.05) is 0 Å². The van der Waals surface area contributed by atoms with E-state index in [1.165, 1.54) is 19.3 Å². The van der Waals surface area contributed by atoms with Crippen molar-refractivity contribution in [3.63, 3.8) is 0 Å². The van der Waals surface area contributed by atoms with Gasteiger partial charge < -0.3 is 0 Å². The van der Waals surface area contributed by atoms with Gasteiger partial charge in [-0.15, -0.1) is 0 Å². The number of hydrogen-bond acceptors (Lipinski definition) is 0. The third kappa shape index (κ3) is 3.37. The van der Waals surface area contributed by atoms with Crippen LogP contribution in [0.15, 0.2) is 0 Å². The average molecular weight is 300 g/mol. The van der Waals surface area contributed by atoms with Crippen molar-refractivity contribution < 1.29 is 0 Å². The predicted molar refractivity (Wildman–Crippen MR) is 64.4 cm³/mol. The van der Waals surface area contributed by atoms with Crippen molar-refractivity contribution in [2.24, 2.45) is 11.3 Å². The molecule has 0 rings (SSSR count). The Morgan fingerprint density at radius 3 is 1.92 bits per heavy atom. The maximum absolute atomic E-state index is 3.63. The van der Waals surface area contributed by atoms with Crippen LogP contribution in [0.1, 0.15) is 40.0 Å². The van der Waals surface area contributed by atoms with Crippen molar-refractivity contribution in [2.45, 2.75) is 40.0 Å². The van der Waals surface area contributed by atoms with Gasteiger partial charge in [0.05, 0.1) is 0 Å². The van der Waals surface area contributed by atoms with Gasteiger partial charge in [-0.3, -0.25) is 0 Å². The number of halogens is 2. The zero-order valence-electron chi connectivity index (χ0n) is 8.37. The lowest BCUT2D eigenvalue weighted by molar-refractivity contribution is 0.241. The zero-order chi connectivity index (χ0) is 9.61. The van der Waals surface area contributed by atoms with Gasteiger partial charge in [-0.05, 0) is 17.8 Å². The molecule has 0 unspecified atom stereocenters. The first kappa shape index (κ1) is 13.0. The summed E-state index contributed by atoms with van der Waals surface area (Å²) in [5, 5.41) is 2.23. The summed E-state index contributed by atoms with van der Waals surface area (Å²) in [4.78, 5) is 0. The van der Waals surface area contributed by atoms with Crippen molar-refractivity contribution in [3.05, 3.63) is 0 Å². The van der Waals surface area contributed by atoms with Crippen LogP contribution in [0.5, 0.6) is 0 Å². The summed E-state index contributed by atoms with van der Waals surface area (Å²) in [5.41, 5.74) is 0.468. The molecule has 0 radical (unpaired) electrons. The molecule has 0 spiro atoms. The van der Waals surface area contributed by atoms with E-state index in [0.717, 1.165) is 16.6 Å². The molecule has 2 heteroatoms. The molecule has 74 valence electrons. The summed E-state index contributed by atoms with van der Waals surface area (Å²) >= 11 is 7.27. The molecule has 0 aromatic rings. The van der Waals surface area contributed by atoms with Crippen molar-refractivity contribution in [2.75, 3.05) is 10.7 Å². The zero-order valence-corrected chi connectivity index (χ0v) is 11.5. The topological polar surface area (TPSA) is 0 Å². The van der Waals surface area contributed by atoms with Gasteiger partial charge in [-0.25, -0.2) is 0 Å². The molecule has 0 aliphatic heterocycles. The maximum atomic E-state index is 3.63. The molecule has 0 fully saturated rings. The van der Waals surface area contributed by atoms with Crippen LogP contribution < -0.4 is 0 Å². The largest absolute Gasteiger partial charge is 0.0922 e. The Labute approximate surface area is 93.8 Å². The van der Waals surface area contributed by atoms with Crippen LogP contribution in [0.4, 0.5) is 0 Å². The molecule has 0 bridgehead atoms. The SMILES string of the molecule is CCCCC(CBr)(CBr)C(C)C. The number of rotatable bonds is 6. The van der Waals surface area contributed by atoms with E-state index in [0.29, 0.717) is 5.41 Å². The Bertz CT molecular complexity index is 106. The molecule has 0 aromatic carbocycles.